The summed E-state index contributed by atoms with van der Waals surface area (Å²) in [6, 6.07) is 4.64. The number of aliphatic hydroxyl groups is 1. The molecule has 2 rings (SSSR count). The minimum Gasteiger partial charge on any atom is -0.392 e. The Morgan fingerprint density at radius 1 is 1.33 bits per heavy atom. The molecule has 0 aromatic heterocycles. The van der Waals surface area contributed by atoms with Crippen molar-refractivity contribution in [2.24, 2.45) is 5.92 Å². The van der Waals surface area contributed by atoms with E-state index in [-0.39, 0.29) is 16.5 Å². The fraction of sp³-hybridized carbons (Fsp3) is 0.600. The molecule has 1 heterocycles. The highest BCUT2D eigenvalue weighted by Crippen LogP contribution is 2.29. The predicted molar refractivity (Wildman–Crippen MR) is 83.8 cm³/mol. The number of rotatable bonds is 4. The van der Waals surface area contributed by atoms with Crippen molar-refractivity contribution in [1.82, 2.24) is 4.31 Å². The first-order valence-corrected chi connectivity index (χ1v) is 9.20. The quantitative estimate of drug-likeness (QED) is 0.922. The highest BCUT2D eigenvalue weighted by Gasteiger charge is 2.29. The summed E-state index contributed by atoms with van der Waals surface area (Å²) in [5, 5.41) is 9.40. The van der Waals surface area contributed by atoms with Crippen molar-refractivity contribution < 1.29 is 13.5 Å². The van der Waals surface area contributed by atoms with E-state index in [1.165, 1.54) is 16.4 Å². The molecule has 0 saturated carbocycles. The van der Waals surface area contributed by atoms with Gasteiger partial charge in [0, 0.05) is 13.1 Å². The molecule has 1 atom stereocenters. The van der Waals surface area contributed by atoms with E-state index >= 15 is 0 Å². The topological polar surface area (TPSA) is 57.6 Å². The van der Waals surface area contributed by atoms with Crippen LogP contribution in [0.5, 0.6) is 0 Å². The number of sulfonamides is 1. The van der Waals surface area contributed by atoms with Crippen LogP contribution < -0.4 is 0 Å². The van der Waals surface area contributed by atoms with E-state index < -0.39 is 10.0 Å². The SMILES string of the molecule is CCC1CCCN(S(=O)(=O)c2cc(CO)ccc2Cl)CC1. The van der Waals surface area contributed by atoms with Crippen molar-refractivity contribution in [3.8, 4) is 0 Å². The molecule has 4 nitrogen and oxygen atoms in total. The molecule has 1 N–H and O–H groups in total. The lowest BCUT2D eigenvalue weighted by atomic mass is 9.98. The Morgan fingerprint density at radius 2 is 2.10 bits per heavy atom. The molecular formula is C15H22ClNO3S. The molecule has 1 unspecified atom stereocenters. The van der Waals surface area contributed by atoms with Gasteiger partial charge >= 0.3 is 0 Å². The third-order valence-corrected chi connectivity index (χ3v) is 6.56. The highest BCUT2D eigenvalue weighted by atomic mass is 35.5. The van der Waals surface area contributed by atoms with Crippen LogP contribution in [0.3, 0.4) is 0 Å². The molecular weight excluding hydrogens is 310 g/mol. The van der Waals surface area contributed by atoms with Gasteiger partial charge in [0.15, 0.2) is 0 Å². The van der Waals surface area contributed by atoms with Crippen molar-refractivity contribution in [1.29, 1.82) is 0 Å². The summed E-state index contributed by atoms with van der Waals surface area (Å²) in [6.45, 7) is 3.03. The molecule has 1 aromatic carbocycles. The molecule has 1 aromatic rings. The van der Waals surface area contributed by atoms with Crippen LogP contribution in [0.4, 0.5) is 0 Å². The minimum atomic E-state index is -3.59. The Balaban J connectivity index is 2.29. The van der Waals surface area contributed by atoms with Crippen molar-refractivity contribution >= 4 is 21.6 Å². The Morgan fingerprint density at radius 3 is 2.76 bits per heavy atom. The Bertz CT molecular complexity index is 589. The lowest BCUT2D eigenvalue weighted by molar-refractivity contribution is 0.281. The number of hydrogen-bond donors (Lipinski definition) is 1. The van der Waals surface area contributed by atoms with Crippen molar-refractivity contribution in [3.63, 3.8) is 0 Å². The van der Waals surface area contributed by atoms with Crippen LogP contribution in [-0.4, -0.2) is 30.9 Å². The molecule has 0 bridgehead atoms. The van der Waals surface area contributed by atoms with E-state index in [4.69, 9.17) is 11.6 Å². The molecule has 0 amide bonds. The standard InChI is InChI=1S/C15H22ClNO3S/c1-2-12-4-3-8-17(9-7-12)21(19,20)15-10-13(11-18)5-6-14(15)16/h5-6,10,12,18H,2-4,7-9,11H2,1H3. The van der Waals surface area contributed by atoms with Crippen LogP contribution in [-0.2, 0) is 16.6 Å². The van der Waals surface area contributed by atoms with E-state index in [1.54, 1.807) is 6.07 Å². The number of aliphatic hydroxyl groups excluding tert-OH is 1. The maximum atomic E-state index is 12.8. The molecule has 1 aliphatic heterocycles. The van der Waals surface area contributed by atoms with Gasteiger partial charge in [0.25, 0.3) is 0 Å². The van der Waals surface area contributed by atoms with Gasteiger partial charge in [-0.1, -0.05) is 31.0 Å². The summed E-state index contributed by atoms with van der Waals surface area (Å²) in [6.07, 6.45) is 3.95. The summed E-state index contributed by atoms with van der Waals surface area (Å²) in [5.41, 5.74) is 0.555. The van der Waals surface area contributed by atoms with Gasteiger partial charge in [0.05, 0.1) is 11.6 Å². The van der Waals surface area contributed by atoms with Crippen molar-refractivity contribution in [2.45, 2.75) is 44.1 Å². The van der Waals surface area contributed by atoms with Gasteiger partial charge in [-0.05, 0) is 42.9 Å². The zero-order valence-electron chi connectivity index (χ0n) is 12.3. The average molecular weight is 332 g/mol. The fourth-order valence-electron chi connectivity index (χ4n) is 2.77. The molecule has 6 heteroatoms. The normalized spacial score (nSPS) is 21.2. The van der Waals surface area contributed by atoms with Gasteiger partial charge in [0.1, 0.15) is 4.90 Å². The lowest BCUT2D eigenvalue weighted by Gasteiger charge is -2.21. The maximum Gasteiger partial charge on any atom is 0.244 e. The van der Waals surface area contributed by atoms with Crippen LogP contribution in [0.25, 0.3) is 0 Å². The lowest BCUT2D eigenvalue weighted by Crippen LogP contribution is -2.32. The predicted octanol–water partition coefficient (Wildman–Crippen LogP) is 3.03. The third kappa shape index (κ3) is 3.77. The van der Waals surface area contributed by atoms with Crippen LogP contribution in [0.2, 0.25) is 5.02 Å². The first-order valence-electron chi connectivity index (χ1n) is 7.38. The van der Waals surface area contributed by atoms with Crippen LogP contribution in [0.15, 0.2) is 23.1 Å². The van der Waals surface area contributed by atoms with Gasteiger partial charge in [-0.2, -0.15) is 4.31 Å². The van der Waals surface area contributed by atoms with Gasteiger partial charge in [0.2, 0.25) is 10.0 Å². The highest BCUT2D eigenvalue weighted by molar-refractivity contribution is 7.89. The average Bonchev–Trinajstić information content (AvgIpc) is 2.73. The summed E-state index contributed by atoms with van der Waals surface area (Å²) >= 11 is 6.07. The van der Waals surface area contributed by atoms with Crippen molar-refractivity contribution in [2.75, 3.05) is 13.1 Å². The third-order valence-electron chi connectivity index (χ3n) is 4.18. The molecule has 1 aliphatic rings. The second kappa shape index (κ2) is 7.09. The number of halogens is 1. The van der Waals surface area contributed by atoms with Crippen LogP contribution in [0.1, 0.15) is 38.2 Å². The minimum absolute atomic E-state index is 0.102. The van der Waals surface area contributed by atoms with E-state index in [1.807, 2.05) is 0 Å². The van der Waals surface area contributed by atoms with Gasteiger partial charge in [-0.15, -0.1) is 0 Å². The van der Waals surface area contributed by atoms with E-state index in [9.17, 15) is 13.5 Å². The Labute approximate surface area is 131 Å². The Hall–Kier alpha value is -0.620. The first-order chi connectivity index (χ1) is 9.98. The van der Waals surface area contributed by atoms with Crippen LogP contribution >= 0.6 is 11.6 Å². The van der Waals surface area contributed by atoms with Crippen LogP contribution in [0, 0.1) is 5.92 Å². The second-order valence-corrected chi connectivity index (χ2v) is 7.85. The maximum absolute atomic E-state index is 12.8. The number of hydrogen-bond acceptors (Lipinski definition) is 3. The molecule has 1 fully saturated rings. The molecule has 118 valence electrons. The molecule has 0 spiro atoms. The van der Waals surface area contributed by atoms with Crippen molar-refractivity contribution in [3.05, 3.63) is 28.8 Å². The van der Waals surface area contributed by atoms with Gasteiger partial charge in [-0.25, -0.2) is 8.42 Å². The summed E-state index contributed by atoms with van der Waals surface area (Å²) < 4.78 is 27.1. The first kappa shape index (κ1) is 16.7. The largest absolute Gasteiger partial charge is 0.392 e. The van der Waals surface area contributed by atoms with Gasteiger partial charge < -0.3 is 5.11 Å². The zero-order valence-corrected chi connectivity index (χ0v) is 13.8. The molecule has 0 aliphatic carbocycles. The zero-order chi connectivity index (χ0) is 15.5. The van der Waals surface area contributed by atoms with E-state index in [0.717, 1.165) is 25.7 Å². The summed E-state index contributed by atoms with van der Waals surface area (Å²) in [5.74, 6) is 0.601. The summed E-state index contributed by atoms with van der Waals surface area (Å²) in [7, 11) is -3.59. The van der Waals surface area contributed by atoms with E-state index in [2.05, 4.69) is 6.92 Å². The summed E-state index contributed by atoms with van der Waals surface area (Å²) in [4.78, 5) is 0.102. The molecule has 1 saturated heterocycles. The monoisotopic (exact) mass is 331 g/mol. The molecule has 0 radical (unpaired) electrons. The van der Waals surface area contributed by atoms with Gasteiger partial charge in [-0.3, -0.25) is 0 Å². The second-order valence-electron chi connectivity index (χ2n) is 5.53. The smallest absolute Gasteiger partial charge is 0.244 e. The fourth-order valence-corrected chi connectivity index (χ4v) is 4.79. The molecule has 21 heavy (non-hydrogen) atoms. The number of benzene rings is 1. The number of nitrogens with zero attached hydrogens (tertiary/aromatic N) is 1. The van der Waals surface area contributed by atoms with E-state index in [0.29, 0.717) is 24.6 Å². The Kier molecular flexibility index (Phi) is 5.66.